The predicted octanol–water partition coefficient (Wildman–Crippen LogP) is 1.92. The van der Waals surface area contributed by atoms with Crippen molar-refractivity contribution >= 4 is 0 Å². The van der Waals surface area contributed by atoms with Gasteiger partial charge in [0.2, 0.25) is 0 Å². The second-order valence-electron chi connectivity index (χ2n) is 6.29. The third-order valence-corrected chi connectivity index (χ3v) is 5.05. The summed E-state index contributed by atoms with van der Waals surface area (Å²) in [7, 11) is 0. The summed E-state index contributed by atoms with van der Waals surface area (Å²) < 4.78 is 0. The number of nitrogens with two attached hydrogens (primary N) is 1. The Labute approximate surface area is 113 Å². The van der Waals surface area contributed by atoms with Crippen LogP contribution in [0.1, 0.15) is 46.0 Å². The van der Waals surface area contributed by atoms with Crippen molar-refractivity contribution in [3.8, 4) is 0 Å². The maximum absolute atomic E-state index is 5.81. The van der Waals surface area contributed by atoms with Crippen molar-refractivity contribution in [2.75, 3.05) is 32.7 Å². The summed E-state index contributed by atoms with van der Waals surface area (Å²) in [6.45, 7) is 10.7. The number of fused-ring (bicyclic) bond motifs is 1. The Hall–Kier alpha value is -0.120. The summed E-state index contributed by atoms with van der Waals surface area (Å²) in [6, 6.07) is 1.57. The third-order valence-electron chi connectivity index (χ3n) is 5.05. The Balaban J connectivity index is 1.81. The van der Waals surface area contributed by atoms with Crippen LogP contribution in [0.25, 0.3) is 0 Å². The van der Waals surface area contributed by atoms with Gasteiger partial charge in [-0.1, -0.05) is 19.8 Å². The lowest BCUT2D eigenvalue weighted by Gasteiger charge is -2.47. The molecule has 2 fully saturated rings. The molecule has 2 aliphatic rings. The molecular weight excluding hydrogens is 222 g/mol. The topological polar surface area (TPSA) is 32.5 Å². The Morgan fingerprint density at radius 3 is 2.83 bits per heavy atom. The van der Waals surface area contributed by atoms with Gasteiger partial charge in [0.05, 0.1) is 0 Å². The predicted molar refractivity (Wildman–Crippen MR) is 77.7 cm³/mol. The molecule has 3 atom stereocenters. The van der Waals surface area contributed by atoms with Gasteiger partial charge in [-0.2, -0.15) is 0 Å². The Morgan fingerprint density at radius 1 is 1.28 bits per heavy atom. The number of nitrogens with zero attached hydrogens (tertiary/aromatic N) is 2. The molecule has 2 aliphatic heterocycles. The van der Waals surface area contributed by atoms with E-state index >= 15 is 0 Å². The quantitative estimate of drug-likeness (QED) is 0.812. The van der Waals surface area contributed by atoms with E-state index in [0.717, 1.165) is 24.5 Å². The van der Waals surface area contributed by atoms with Crippen LogP contribution in [0.4, 0.5) is 0 Å². The molecule has 18 heavy (non-hydrogen) atoms. The van der Waals surface area contributed by atoms with Crippen LogP contribution in [0.2, 0.25) is 0 Å². The maximum atomic E-state index is 5.81. The Bertz CT molecular complexity index is 240. The van der Waals surface area contributed by atoms with Gasteiger partial charge in [-0.25, -0.2) is 0 Å². The summed E-state index contributed by atoms with van der Waals surface area (Å²) in [5.41, 5.74) is 5.81. The fraction of sp³-hybridized carbons (Fsp3) is 1.00. The first-order chi connectivity index (χ1) is 8.74. The highest BCUT2D eigenvalue weighted by atomic mass is 15.3. The molecule has 2 heterocycles. The minimum Gasteiger partial charge on any atom is -0.330 e. The van der Waals surface area contributed by atoms with Crippen molar-refractivity contribution in [3.05, 3.63) is 0 Å². The molecule has 106 valence electrons. The lowest BCUT2D eigenvalue weighted by atomic mass is 9.96. The van der Waals surface area contributed by atoms with E-state index in [9.17, 15) is 0 Å². The van der Waals surface area contributed by atoms with Crippen LogP contribution < -0.4 is 5.73 Å². The van der Waals surface area contributed by atoms with Crippen LogP contribution in [0.15, 0.2) is 0 Å². The van der Waals surface area contributed by atoms with Crippen molar-refractivity contribution < 1.29 is 0 Å². The first-order valence-electron chi connectivity index (χ1n) is 7.92. The molecule has 0 aromatic heterocycles. The number of rotatable bonds is 5. The van der Waals surface area contributed by atoms with Gasteiger partial charge in [0.1, 0.15) is 0 Å². The summed E-state index contributed by atoms with van der Waals surface area (Å²) in [5.74, 6) is 0.724. The van der Waals surface area contributed by atoms with Crippen LogP contribution in [0.5, 0.6) is 0 Å². The fourth-order valence-electron chi connectivity index (χ4n) is 3.56. The highest BCUT2D eigenvalue weighted by Gasteiger charge is 2.32. The van der Waals surface area contributed by atoms with E-state index in [1.54, 1.807) is 0 Å². The average Bonchev–Trinajstić information content (AvgIpc) is 2.40. The van der Waals surface area contributed by atoms with Gasteiger partial charge in [-0.3, -0.25) is 9.80 Å². The second-order valence-corrected chi connectivity index (χ2v) is 6.29. The fourth-order valence-corrected chi connectivity index (χ4v) is 3.56. The highest BCUT2D eigenvalue weighted by Crippen LogP contribution is 2.24. The van der Waals surface area contributed by atoms with E-state index in [-0.39, 0.29) is 0 Å². The van der Waals surface area contributed by atoms with Crippen LogP contribution in [0.3, 0.4) is 0 Å². The molecule has 3 unspecified atom stereocenters. The van der Waals surface area contributed by atoms with Crippen LogP contribution in [-0.2, 0) is 0 Å². The molecule has 0 spiro atoms. The lowest BCUT2D eigenvalue weighted by molar-refractivity contribution is 0.0129. The van der Waals surface area contributed by atoms with Crippen molar-refractivity contribution in [2.24, 2.45) is 11.7 Å². The Morgan fingerprint density at radius 2 is 2.11 bits per heavy atom. The van der Waals surface area contributed by atoms with Crippen molar-refractivity contribution in [2.45, 2.75) is 58.0 Å². The zero-order valence-electron chi connectivity index (χ0n) is 12.3. The van der Waals surface area contributed by atoms with Gasteiger partial charge < -0.3 is 5.73 Å². The van der Waals surface area contributed by atoms with Crippen LogP contribution in [0, 0.1) is 5.92 Å². The Kier molecular flexibility index (Phi) is 5.46. The lowest BCUT2D eigenvalue weighted by Crippen LogP contribution is -2.58. The third kappa shape index (κ3) is 3.46. The molecule has 0 aliphatic carbocycles. The number of hydrogen-bond donors (Lipinski definition) is 1. The van der Waals surface area contributed by atoms with Gasteiger partial charge in [0, 0.05) is 25.2 Å². The molecule has 2 saturated heterocycles. The summed E-state index contributed by atoms with van der Waals surface area (Å²) >= 11 is 0. The molecule has 0 amide bonds. The van der Waals surface area contributed by atoms with E-state index in [4.69, 9.17) is 5.73 Å². The molecule has 0 bridgehead atoms. The van der Waals surface area contributed by atoms with E-state index in [0.29, 0.717) is 0 Å². The molecule has 2 N–H and O–H groups in total. The molecule has 0 radical (unpaired) electrons. The van der Waals surface area contributed by atoms with Gasteiger partial charge in [0.25, 0.3) is 0 Å². The van der Waals surface area contributed by atoms with Crippen molar-refractivity contribution in [1.82, 2.24) is 9.80 Å². The SMILES string of the molecule is CCC(CN)CCN1CC2CCCCN2CC1C. The van der Waals surface area contributed by atoms with Crippen LogP contribution in [-0.4, -0.2) is 54.6 Å². The number of hydrogen-bond acceptors (Lipinski definition) is 3. The molecule has 2 rings (SSSR count). The summed E-state index contributed by atoms with van der Waals surface area (Å²) in [5, 5.41) is 0. The van der Waals surface area contributed by atoms with Gasteiger partial charge in [-0.15, -0.1) is 0 Å². The summed E-state index contributed by atoms with van der Waals surface area (Å²) in [4.78, 5) is 5.44. The normalized spacial score (nSPS) is 32.2. The van der Waals surface area contributed by atoms with E-state index < -0.39 is 0 Å². The van der Waals surface area contributed by atoms with Gasteiger partial charge in [-0.05, 0) is 51.7 Å². The highest BCUT2D eigenvalue weighted by molar-refractivity contribution is 4.89. The number of piperazine rings is 1. The molecule has 0 aromatic rings. The largest absolute Gasteiger partial charge is 0.330 e. The monoisotopic (exact) mass is 253 g/mol. The maximum Gasteiger partial charge on any atom is 0.0223 e. The number of piperidine rings is 1. The standard InChI is InChI=1S/C15H31N3/c1-3-14(10-16)7-9-17-12-15-6-4-5-8-18(15)11-13(17)2/h13-15H,3-12,16H2,1-2H3. The molecule has 3 nitrogen and oxygen atoms in total. The van der Waals surface area contributed by atoms with E-state index in [1.165, 1.54) is 58.3 Å². The average molecular weight is 253 g/mol. The first kappa shape index (κ1) is 14.3. The van der Waals surface area contributed by atoms with Gasteiger partial charge >= 0.3 is 0 Å². The summed E-state index contributed by atoms with van der Waals surface area (Å²) in [6.07, 6.45) is 6.77. The van der Waals surface area contributed by atoms with E-state index in [1.807, 2.05) is 0 Å². The molecule has 0 aromatic carbocycles. The second kappa shape index (κ2) is 6.88. The zero-order chi connectivity index (χ0) is 13.0. The van der Waals surface area contributed by atoms with Crippen molar-refractivity contribution in [1.29, 1.82) is 0 Å². The minimum absolute atomic E-state index is 0.724. The smallest absolute Gasteiger partial charge is 0.0223 e. The van der Waals surface area contributed by atoms with E-state index in [2.05, 4.69) is 23.6 Å². The molecule has 3 heteroatoms. The first-order valence-corrected chi connectivity index (χ1v) is 7.92. The van der Waals surface area contributed by atoms with Crippen LogP contribution >= 0.6 is 0 Å². The minimum atomic E-state index is 0.724. The molecule has 0 saturated carbocycles. The van der Waals surface area contributed by atoms with Gasteiger partial charge in [0.15, 0.2) is 0 Å². The van der Waals surface area contributed by atoms with Crippen molar-refractivity contribution in [3.63, 3.8) is 0 Å². The molecular formula is C15H31N3. The zero-order valence-corrected chi connectivity index (χ0v) is 12.3.